The maximum absolute atomic E-state index is 12.3. The van der Waals surface area contributed by atoms with E-state index in [-0.39, 0.29) is 35.9 Å². The van der Waals surface area contributed by atoms with Gasteiger partial charge in [-0.1, -0.05) is 30.3 Å². The summed E-state index contributed by atoms with van der Waals surface area (Å²) in [5.74, 6) is -1.60. The van der Waals surface area contributed by atoms with E-state index < -0.39 is 18.5 Å². The van der Waals surface area contributed by atoms with Gasteiger partial charge in [-0.3, -0.25) is 4.79 Å². The van der Waals surface area contributed by atoms with Gasteiger partial charge in [-0.2, -0.15) is 0 Å². The molecular formula is C20H24O7. The number of benzene rings is 1. The zero-order valence-corrected chi connectivity index (χ0v) is 15.4. The molecule has 0 spiro atoms. The Labute approximate surface area is 157 Å². The predicted octanol–water partition coefficient (Wildman–Crippen LogP) is 1.71. The van der Waals surface area contributed by atoms with Crippen molar-refractivity contribution in [1.82, 2.24) is 0 Å². The highest BCUT2D eigenvalue weighted by molar-refractivity contribution is 5.74. The topological polar surface area (TPSA) is 80.3 Å². The van der Waals surface area contributed by atoms with Crippen LogP contribution in [0, 0.1) is 23.7 Å². The van der Waals surface area contributed by atoms with Crippen LogP contribution in [0.1, 0.15) is 18.3 Å². The fraction of sp³-hybridized carbons (Fsp3) is 0.600. The van der Waals surface area contributed by atoms with Crippen LogP contribution in [0.5, 0.6) is 0 Å². The van der Waals surface area contributed by atoms with Crippen LogP contribution in [0.4, 0.5) is 0 Å². The van der Waals surface area contributed by atoms with Gasteiger partial charge < -0.3 is 28.5 Å². The van der Waals surface area contributed by atoms with Gasteiger partial charge in [-0.05, 0) is 6.42 Å². The SMILES string of the molecule is COC(=O)[C@H]1C[C@@H](C=O)[C@@H]2[C@@H]3O[C@H](c4ccccc4)OC[C@H]3O[C@H](OC)[C@@H]21. The molecule has 1 aromatic rings. The molecular weight excluding hydrogens is 352 g/mol. The molecule has 3 aliphatic rings. The summed E-state index contributed by atoms with van der Waals surface area (Å²) in [4.78, 5) is 24.1. The molecule has 0 radical (unpaired) electrons. The number of fused-ring (bicyclic) bond motifs is 3. The lowest BCUT2D eigenvalue weighted by Crippen LogP contribution is -2.58. The third-order valence-corrected chi connectivity index (χ3v) is 5.97. The Hall–Kier alpha value is -1.80. The van der Waals surface area contributed by atoms with Gasteiger partial charge in [0.1, 0.15) is 12.4 Å². The fourth-order valence-electron chi connectivity index (χ4n) is 4.81. The second-order valence-electron chi connectivity index (χ2n) is 7.28. The lowest BCUT2D eigenvalue weighted by Gasteiger charge is -2.48. The Kier molecular flexibility index (Phi) is 5.27. The first kappa shape index (κ1) is 18.6. The van der Waals surface area contributed by atoms with Crippen molar-refractivity contribution in [2.24, 2.45) is 23.7 Å². The largest absolute Gasteiger partial charge is 0.469 e. The van der Waals surface area contributed by atoms with E-state index in [1.807, 2.05) is 30.3 Å². The summed E-state index contributed by atoms with van der Waals surface area (Å²) < 4.78 is 28.7. The third-order valence-electron chi connectivity index (χ3n) is 5.97. The molecule has 27 heavy (non-hydrogen) atoms. The molecule has 3 fully saturated rings. The molecule has 2 saturated heterocycles. The monoisotopic (exact) mass is 376 g/mol. The van der Waals surface area contributed by atoms with E-state index in [2.05, 4.69) is 0 Å². The molecule has 0 bridgehead atoms. The lowest BCUT2D eigenvalue weighted by atomic mass is 9.78. The van der Waals surface area contributed by atoms with Crippen molar-refractivity contribution in [3.05, 3.63) is 35.9 Å². The maximum Gasteiger partial charge on any atom is 0.309 e. The van der Waals surface area contributed by atoms with Gasteiger partial charge >= 0.3 is 5.97 Å². The molecule has 2 aliphatic heterocycles. The minimum Gasteiger partial charge on any atom is -0.469 e. The van der Waals surface area contributed by atoms with E-state index in [1.54, 1.807) is 7.11 Å². The molecule has 0 unspecified atom stereocenters. The highest BCUT2D eigenvalue weighted by Gasteiger charge is 2.60. The number of ether oxygens (including phenoxy) is 5. The number of carbonyl (C=O) groups is 2. The average Bonchev–Trinajstić information content (AvgIpc) is 3.13. The molecule has 0 aromatic heterocycles. The molecule has 1 saturated carbocycles. The Morgan fingerprint density at radius 2 is 1.93 bits per heavy atom. The number of methoxy groups -OCH3 is 2. The van der Waals surface area contributed by atoms with Crippen molar-refractivity contribution < 1.29 is 33.3 Å². The molecule has 2 heterocycles. The van der Waals surface area contributed by atoms with Crippen LogP contribution in [0.25, 0.3) is 0 Å². The van der Waals surface area contributed by atoms with E-state index >= 15 is 0 Å². The standard InChI is InChI=1S/C20H24O7/c1-23-18(22)13-8-12(9-21)15-16(13)20(24-2)26-14-10-25-19(27-17(14)15)11-6-4-3-5-7-11/h3-7,9,12-17,19-20H,8,10H2,1-2H3/t12-,13-,14+,15-,16+,17+,19+,20-/m0/s1. The summed E-state index contributed by atoms with van der Waals surface area (Å²) in [7, 11) is 2.90. The summed E-state index contributed by atoms with van der Waals surface area (Å²) >= 11 is 0. The van der Waals surface area contributed by atoms with Crippen molar-refractivity contribution in [2.75, 3.05) is 20.8 Å². The Morgan fingerprint density at radius 1 is 1.15 bits per heavy atom. The Balaban J connectivity index is 1.64. The summed E-state index contributed by atoms with van der Waals surface area (Å²) in [6.07, 6.45) is -0.504. The first-order valence-electron chi connectivity index (χ1n) is 9.21. The third kappa shape index (κ3) is 3.18. The van der Waals surface area contributed by atoms with Crippen LogP contribution < -0.4 is 0 Å². The average molecular weight is 376 g/mol. The van der Waals surface area contributed by atoms with Crippen LogP contribution in [-0.4, -0.2) is 51.6 Å². The van der Waals surface area contributed by atoms with Crippen molar-refractivity contribution >= 4 is 12.3 Å². The van der Waals surface area contributed by atoms with Gasteiger partial charge in [0.25, 0.3) is 0 Å². The van der Waals surface area contributed by atoms with Crippen LogP contribution in [0.3, 0.4) is 0 Å². The zero-order chi connectivity index (χ0) is 19.0. The molecule has 1 aliphatic carbocycles. The molecule has 0 amide bonds. The van der Waals surface area contributed by atoms with E-state index in [4.69, 9.17) is 23.7 Å². The highest BCUT2D eigenvalue weighted by Crippen LogP contribution is 2.52. The minimum absolute atomic E-state index is 0.189. The quantitative estimate of drug-likeness (QED) is 0.585. The van der Waals surface area contributed by atoms with E-state index in [1.165, 1.54) is 7.11 Å². The van der Waals surface area contributed by atoms with Gasteiger partial charge in [0.15, 0.2) is 12.6 Å². The smallest absolute Gasteiger partial charge is 0.309 e. The van der Waals surface area contributed by atoms with Crippen LogP contribution in [0.15, 0.2) is 30.3 Å². The molecule has 7 nitrogen and oxygen atoms in total. The number of esters is 1. The minimum atomic E-state index is -0.606. The molecule has 0 N–H and O–H groups in total. The normalized spacial score (nSPS) is 40.7. The van der Waals surface area contributed by atoms with E-state index in [0.29, 0.717) is 13.0 Å². The maximum atomic E-state index is 12.3. The molecule has 146 valence electrons. The summed E-state index contributed by atoms with van der Waals surface area (Å²) in [5.41, 5.74) is 0.909. The molecule has 1 aromatic carbocycles. The van der Waals surface area contributed by atoms with Crippen molar-refractivity contribution in [3.8, 4) is 0 Å². The summed E-state index contributed by atoms with van der Waals surface area (Å²) in [6, 6.07) is 9.65. The van der Waals surface area contributed by atoms with Crippen LogP contribution in [0.2, 0.25) is 0 Å². The first-order valence-corrected chi connectivity index (χ1v) is 9.21. The fourth-order valence-corrected chi connectivity index (χ4v) is 4.81. The van der Waals surface area contributed by atoms with E-state index in [9.17, 15) is 9.59 Å². The van der Waals surface area contributed by atoms with Crippen molar-refractivity contribution in [3.63, 3.8) is 0 Å². The predicted molar refractivity (Wildman–Crippen MR) is 92.3 cm³/mol. The number of hydrogen-bond acceptors (Lipinski definition) is 7. The highest BCUT2D eigenvalue weighted by atomic mass is 16.7. The summed E-state index contributed by atoms with van der Waals surface area (Å²) in [6.45, 7) is 0.335. The lowest BCUT2D eigenvalue weighted by molar-refractivity contribution is -0.343. The molecule has 4 rings (SSSR count). The number of aldehydes is 1. The second kappa shape index (κ2) is 7.67. The number of rotatable bonds is 4. The van der Waals surface area contributed by atoms with Crippen molar-refractivity contribution in [2.45, 2.75) is 31.2 Å². The van der Waals surface area contributed by atoms with Crippen LogP contribution >= 0.6 is 0 Å². The number of carbonyl (C=O) groups excluding carboxylic acids is 2. The molecule has 7 heteroatoms. The van der Waals surface area contributed by atoms with Gasteiger partial charge in [-0.25, -0.2) is 0 Å². The van der Waals surface area contributed by atoms with E-state index in [0.717, 1.165) is 11.8 Å². The Morgan fingerprint density at radius 3 is 2.59 bits per heavy atom. The second-order valence-corrected chi connectivity index (χ2v) is 7.28. The Bertz CT molecular complexity index is 678. The van der Waals surface area contributed by atoms with Crippen LogP contribution in [-0.2, 0) is 33.3 Å². The number of hydrogen-bond donors (Lipinski definition) is 0. The van der Waals surface area contributed by atoms with Crippen molar-refractivity contribution in [1.29, 1.82) is 0 Å². The van der Waals surface area contributed by atoms with Gasteiger partial charge in [-0.15, -0.1) is 0 Å². The zero-order valence-electron chi connectivity index (χ0n) is 15.4. The van der Waals surface area contributed by atoms with Gasteiger partial charge in [0, 0.05) is 30.4 Å². The van der Waals surface area contributed by atoms with Gasteiger partial charge in [0.05, 0.1) is 25.7 Å². The molecule has 8 atom stereocenters. The van der Waals surface area contributed by atoms with Gasteiger partial charge in [0.2, 0.25) is 0 Å². The summed E-state index contributed by atoms with van der Waals surface area (Å²) in [5, 5.41) is 0. The first-order chi connectivity index (χ1) is 13.2.